The number of benzene rings is 2. The first-order chi connectivity index (χ1) is 15.2. The number of nitrogens with one attached hydrogen (secondary N) is 1. The molecule has 1 N–H and O–H groups in total. The van der Waals surface area contributed by atoms with Crippen LogP contribution in [0.2, 0.25) is 0 Å². The van der Waals surface area contributed by atoms with Crippen LogP contribution in [0.15, 0.2) is 42.5 Å². The predicted octanol–water partition coefficient (Wildman–Crippen LogP) is 2.48. The molecule has 1 fully saturated rings. The molecule has 0 aliphatic carbocycles. The van der Waals surface area contributed by atoms with Crippen LogP contribution in [0, 0.1) is 24.0 Å². The number of hydrogen-bond acceptors (Lipinski definition) is 6. The van der Waals surface area contributed by atoms with E-state index in [0.717, 1.165) is 5.69 Å². The molecule has 1 aliphatic rings. The maximum atomic E-state index is 12.7. The summed E-state index contributed by atoms with van der Waals surface area (Å²) in [5, 5.41) is 13.7. The Morgan fingerprint density at radius 3 is 2.44 bits per heavy atom. The first-order valence-electron chi connectivity index (χ1n) is 10.5. The van der Waals surface area contributed by atoms with E-state index in [2.05, 4.69) is 16.3 Å². The smallest absolute Gasteiger partial charge is 0.273 e. The summed E-state index contributed by atoms with van der Waals surface area (Å²) in [5.74, 6) is -0.513. The number of aryl methyl sites for hydroxylation is 1. The van der Waals surface area contributed by atoms with Crippen molar-refractivity contribution >= 4 is 27.3 Å². The van der Waals surface area contributed by atoms with E-state index >= 15 is 0 Å². The van der Waals surface area contributed by atoms with E-state index < -0.39 is 20.9 Å². The lowest BCUT2D eigenvalue weighted by atomic mass is 10.1. The zero-order chi connectivity index (χ0) is 23.3. The molecule has 1 aliphatic heterocycles. The van der Waals surface area contributed by atoms with E-state index in [1.54, 1.807) is 0 Å². The molecule has 32 heavy (non-hydrogen) atoms. The lowest BCUT2D eigenvalue weighted by molar-refractivity contribution is -0.385. The maximum Gasteiger partial charge on any atom is 0.273 e. The Morgan fingerprint density at radius 2 is 1.78 bits per heavy atom. The highest BCUT2D eigenvalue weighted by Crippen LogP contribution is 2.21. The number of nitrogens with zero attached hydrogens (tertiary/aromatic N) is 3. The molecule has 9 nitrogen and oxygen atoms in total. The summed E-state index contributed by atoms with van der Waals surface area (Å²) < 4.78 is 26.9. The fourth-order valence-corrected chi connectivity index (χ4v) is 5.28. The molecule has 0 bridgehead atoms. The van der Waals surface area contributed by atoms with Crippen LogP contribution in [-0.4, -0.2) is 62.0 Å². The molecule has 2 aromatic rings. The minimum atomic E-state index is -3.42. The normalized spacial score (nSPS) is 14.9. The standard InChI is InChI=1S/C22H28N4O5S/c1-17-6-3-7-19(16-17)24-11-13-25(14-12-24)32(30,31)15-5-10-23-22(27)20-8-4-9-21(18(20)2)26(28)29/h3-4,6-9,16H,5,10-15H2,1-2H3,(H,23,27). The number of carbonyl (C=O) groups excluding carboxylic acids is 1. The van der Waals surface area contributed by atoms with E-state index in [4.69, 9.17) is 0 Å². The van der Waals surface area contributed by atoms with E-state index in [9.17, 15) is 23.3 Å². The number of nitro groups is 1. The zero-order valence-corrected chi connectivity index (χ0v) is 19.1. The first-order valence-corrected chi connectivity index (χ1v) is 12.1. The number of nitro benzene ring substituents is 1. The summed E-state index contributed by atoms with van der Waals surface area (Å²) in [5.41, 5.74) is 2.65. The zero-order valence-electron chi connectivity index (χ0n) is 18.3. The van der Waals surface area contributed by atoms with E-state index in [1.807, 2.05) is 25.1 Å². The maximum absolute atomic E-state index is 12.7. The van der Waals surface area contributed by atoms with Crippen LogP contribution in [0.4, 0.5) is 11.4 Å². The van der Waals surface area contributed by atoms with Gasteiger partial charge in [-0.3, -0.25) is 14.9 Å². The molecule has 0 saturated carbocycles. The number of sulfonamides is 1. The highest BCUT2D eigenvalue weighted by molar-refractivity contribution is 7.89. The van der Waals surface area contributed by atoms with Crippen molar-refractivity contribution in [1.29, 1.82) is 0 Å². The van der Waals surface area contributed by atoms with Gasteiger partial charge < -0.3 is 10.2 Å². The molecule has 0 spiro atoms. The van der Waals surface area contributed by atoms with Gasteiger partial charge in [-0.1, -0.05) is 18.2 Å². The molecule has 1 amide bonds. The summed E-state index contributed by atoms with van der Waals surface area (Å²) in [6.07, 6.45) is 0.264. The minimum absolute atomic E-state index is 0.0638. The number of amides is 1. The molecule has 10 heteroatoms. The fraction of sp³-hybridized carbons (Fsp3) is 0.409. The van der Waals surface area contributed by atoms with Gasteiger partial charge >= 0.3 is 0 Å². The van der Waals surface area contributed by atoms with Gasteiger partial charge in [0, 0.05) is 55.6 Å². The Labute approximate surface area is 188 Å². The van der Waals surface area contributed by atoms with Crippen LogP contribution in [0.1, 0.15) is 27.9 Å². The average molecular weight is 461 g/mol. The molecule has 0 radical (unpaired) electrons. The third-order valence-electron chi connectivity index (χ3n) is 5.61. The van der Waals surface area contributed by atoms with Gasteiger partial charge in [0.15, 0.2) is 0 Å². The summed E-state index contributed by atoms with van der Waals surface area (Å²) in [6.45, 7) is 5.84. The Bertz CT molecular complexity index is 1100. The van der Waals surface area contributed by atoms with Crippen molar-refractivity contribution in [2.75, 3.05) is 43.4 Å². The van der Waals surface area contributed by atoms with Crippen LogP contribution in [0.5, 0.6) is 0 Å². The number of carbonyl (C=O) groups is 1. The van der Waals surface area contributed by atoms with E-state index in [-0.39, 0.29) is 35.5 Å². The molecule has 0 unspecified atom stereocenters. The largest absolute Gasteiger partial charge is 0.369 e. The van der Waals surface area contributed by atoms with Crippen molar-refractivity contribution in [3.8, 4) is 0 Å². The van der Waals surface area contributed by atoms with Crippen LogP contribution in [-0.2, 0) is 10.0 Å². The quantitative estimate of drug-likeness (QED) is 0.368. The van der Waals surface area contributed by atoms with E-state index in [0.29, 0.717) is 26.2 Å². The molecular formula is C22H28N4O5S. The monoisotopic (exact) mass is 460 g/mol. The molecule has 1 heterocycles. The number of piperazine rings is 1. The summed E-state index contributed by atoms with van der Waals surface area (Å²) in [4.78, 5) is 25.0. The Morgan fingerprint density at radius 1 is 1.09 bits per heavy atom. The lowest BCUT2D eigenvalue weighted by Gasteiger charge is -2.35. The van der Waals surface area contributed by atoms with Crippen molar-refractivity contribution < 1.29 is 18.1 Å². The van der Waals surface area contributed by atoms with Gasteiger partial charge in [-0.05, 0) is 44.0 Å². The highest BCUT2D eigenvalue weighted by Gasteiger charge is 2.27. The van der Waals surface area contributed by atoms with Crippen LogP contribution in [0.3, 0.4) is 0 Å². The third-order valence-corrected chi connectivity index (χ3v) is 7.57. The molecular weight excluding hydrogens is 432 g/mol. The van der Waals surface area contributed by atoms with E-state index in [1.165, 1.54) is 35.0 Å². The van der Waals surface area contributed by atoms with Gasteiger partial charge in [0.1, 0.15) is 0 Å². The minimum Gasteiger partial charge on any atom is -0.369 e. The highest BCUT2D eigenvalue weighted by atomic mass is 32.2. The number of anilines is 1. The molecule has 3 rings (SSSR count). The second-order valence-electron chi connectivity index (χ2n) is 7.86. The van der Waals surface area contributed by atoms with Crippen molar-refractivity contribution in [3.05, 3.63) is 69.3 Å². The van der Waals surface area contributed by atoms with Crippen LogP contribution >= 0.6 is 0 Å². The van der Waals surface area contributed by atoms with Crippen molar-refractivity contribution in [2.45, 2.75) is 20.3 Å². The molecule has 1 saturated heterocycles. The van der Waals surface area contributed by atoms with Gasteiger partial charge in [0.25, 0.3) is 11.6 Å². The average Bonchev–Trinajstić information content (AvgIpc) is 2.76. The van der Waals surface area contributed by atoms with Crippen LogP contribution < -0.4 is 10.2 Å². The second-order valence-corrected chi connectivity index (χ2v) is 9.95. The van der Waals surface area contributed by atoms with Gasteiger partial charge in [-0.15, -0.1) is 0 Å². The van der Waals surface area contributed by atoms with Gasteiger partial charge in [0.05, 0.1) is 10.7 Å². The fourth-order valence-electron chi connectivity index (χ4n) is 3.80. The lowest BCUT2D eigenvalue weighted by Crippen LogP contribution is -2.49. The Kier molecular flexibility index (Phi) is 7.47. The molecule has 172 valence electrons. The Hall–Kier alpha value is -2.98. The topological polar surface area (TPSA) is 113 Å². The summed E-state index contributed by atoms with van der Waals surface area (Å²) in [7, 11) is -3.42. The van der Waals surface area contributed by atoms with Gasteiger partial charge in [-0.2, -0.15) is 4.31 Å². The number of rotatable bonds is 8. The SMILES string of the molecule is Cc1cccc(N2CCN(S(=O)(=O)CCCNC(=O)c3cccc([N+](=O)[O-])c3C)CC2)c1. The predicted molar refractivity (Wildman–Crippen MR) is 124 cm³/mol. The van der Waals surface area contributed by atoms with Crippen LogP contribution in [0.25, 0.3) is 0 Å². The van der Waals surface area contributed by atoms with Crippen molar-refractivity contribution in [3.63, 3.8) is 0 Å². The molecule has 0 aromatic heterocycles. The first kappa shape index (κ1) is 23.7. The van der Waals surface area contributed by atoms with Gasteiger partial charge in [-0.25, -0.2) is 8.42 Å². The molecule has 0 atom stereocenters. The molecule has 2 aromatic carbocycles. The van der Waals surface area contributed by atoms with Crippen molar-refractivity contribution in [2.24, 2.45) is 0 Å². The second kappa shape index (κ2) is 10.1. The summed E-state index contributed by atoms with van der Waals surface area (Å²) in [6, 6.07) is 12.5. The van der Waals surface area contributed by atoms with Crippen molar-refractivity contribution in [1.82, 2.24) is 9.62 Å². The number of hydrogen-bond donors (Lipinski definition) is 1. The summed E-state index contributed by atoms with van der Waals surface area (Å²) >= 11 is 0. The van der Waals surface area contributed by atoms with Gasteiger partial charge in [0.2, 0.25) is 10.0 Å². The third kappa shape index (κ3) is 5.63. The Balaban J connectivity index is 1.47.